The molecule has 0 fully saturated rings. The van der Waals surface area contributed by atoms with Crippen LogP contribution in [0, 0.1) is 19.7 Å². The van der Waals surface area contributed by atoms with Crippen LogP contribution in [0.1, 0.15) is 28.0 Å². The van der Waals surface area contributed by atoms with E-state index in [0.717, 1.165) is 17.7 Å². The maximum absolute atomic E-state index is 13.7. The number of hydrogen-bond donors (Lipinski definition) is 2. The normalized spacial score (nSPS) is 10.7. The van der Waals surface area contributed by atoms with Gasteiger partial charge in [0.15, 0.2) is 0 Å². The van der Waals surface area contributed by atoms with E-state index in [1.807, 2.05) is 13.8 Å². The molecule has 1 aromatic heterocycles. The Hall–Kier alpha value is -2.21. The number of benzene rings is 1. The highest BCUT2D eigenvalue weighted by Gasteiger charge is 2.15. The van der Waals surface area contributed by atoms with Crippen molar-refractivity contribution >= 4 is 11.6 Å². The third-order valence-electron chi connectivity index (χ3n) is 3.29. The molecular weight excluding hydrogens is 271 g/mol. The summed E-state index contributed by atoms with van der Waals surface area (Å²) in [6.45, 7) is 4.87. The number of aryl methyl sites for hydroxylation is 2. The predicted molar refractivity (Wildman–Crippen MR) is 79.7 cm³/mol. The van der Waals surface area contributed by atoms with Crippen LogP contribution in [0.5, 0.6) is 0 Å². The second kappa shape index (κ2) is 6.49. The zero-order valence-corrected chi connectivity index (χ0v) is 12.2. The Morgan fingerprint density at radius 2 is 2.19 bits per heavy atom. The van der Waals surface area contributed by atoms with E-state index < -0.39 is 5.82 Å². The first-order valence-electron chi connectivity index (χ1n) is 6.83. The summed E-state index contributed by atoms with van der Waals surface area (Å²) < 4.78 is 15.4. The Kier molecular flexibility index (Phi) is 4.70. The molecule has 0 unspecified atom stereocenters. The van der Waals surface area contributed by atoms with Gasteiger partial charge in [0, 0.05) is 12.2 Å². The Morgan fingerprint density at radius 1 is 1.43 bits per heavy atom. The number of amides is 1. The van der Waals surface area contributed by atoms with Gasteiger partial charge in [0.2, 0.25) is 0 Å². The van der Waals surface area contributed by atoms with Crippen molar-refractivity contribution in [3.05, 3.63) is 47.0 Å². The SMILES string of the molecule is Cc1ccc(F)c(NC(=O)c2cnn(CCCN)c2C)c1. The van der Waals surface area contributed by atoms with E-state index in [1.165, 1.54) is 12.3 Å². The second-order valence-electron chi connectivity index (χ2n) is 4.95. The van der Waals surface area contributed by atoms with Crippen LogP contribution in [0.2, 0.25) is 0 Å². The largest absolute Gasteiger partial charge is 0.330 e. The summed E-state index contributed by atoms with van der Waals surface area (Å²) >= 11 is 0. The number of carbonyl (C=O) groups excluding carboxylic acids is 1. The van der Waals surface area contributed by atoms with Gasteiger partial charge in [0.25, 0.3) is 5.91 Å². The van der Waals surface area contributed by atoms with Crippen LogP contribution in [0.4, 0.5) is 10.1 Å². The lowest BCUT2D eigenvalue weighted by molar-refractivity contribution is 0.102. The number of aromatic nitrogens is 2. The topological polar surface area (TPSA) is 72.9 Å². The number of halogens is 1. The summed E-state index contributed by atoms with van der Waals surface area (Å²) in [6.07, 6.45) is 2.28. The minimum Gasteiger partial charge on any atom is -0.330 e. The van der Waals surface area contributed by atoms with Gasteiger partial charge in [-0.15, -0.1) is 0 Å². The van der Waals surface area contributed by atoms with E-state index in [-0.39, 0.29) is 11.6 Å². The molecule has 6 heteroatoms. The Bertz CT molecular complexity index is 651. The molecule has 0 aliphatic heterocycles. The number of nitrogens with one attached hydrogen (secondary N) is 1. The van der Waals surface area contributed by atoms with Crippen LogP contribution < -0.4 is 11.1 Å². The van der Waals surface area contributed by atoms with Gasteiger partial charge < -0.3 is 11.1 Å². The van der Waals surface area contributed by atoms with Crippen molar-refractivity contribution in [3.8, 4) is 0 Å². The Labute approximate surface area is 123 Å². The number of hydrogen-bond acceptors (Lipinski definition) is 3. The van der Waals surface area contributed by atoms with Crippen molar-refractivity contribution in [1.82, 2.24) is 9.78 Å². The zero-order valence-electron chi connectivity index (χ0n) is 12.2. The van der Waals surface area contributed by atoms with Gasteiger partial charge in [-0.05, 0) is 44.5 Å². The van der Waals surface area contributed by atoms with Crippen LogP contribution in [-0.4, -0.2) is 22.2 Å². The van der Waals surface area contributed by atoms with Gasteiger partial charge >= 0.3 is 0 Å². The van der Waals surface area contributed by atoms with Gasteiger partial charge in [-0.3, -0.25) is 9.48 Å². The maximum Gasteiger partial charge on any atom is 0.259 e. The highest BCUT2D eigenvalue weighted by atomic mass is 19.1. The van der Waals surface area contributed by atoms with Crippen molar-refractivity contribution in [3.63, 3.8) is 0 Å². The van der Waals surface area contributed by atoms with Crippen LogP contribution in [-0.2, 0) is 6.54 Å². The fraction of sp³-hybridized carbons (Fsp3) is 0.333. The maximum atomic E-state index is 13.7. The molecule has 3 N–H and O–H groups in total. The summed E-state index contributed by atoms with van der Waals surface area (Å²) in [5, 5.41) is 6.75. The van der Waals surface area contributed by atoms with E-state index >= 15 is 0 Å². The first-order chi connectivity index (χ1) is 10.0. The van der Waals surface area contributed by atoms with Gasteiger partial charge in [0.05, 0.1) is 17.4 Å². The van der Waals surface area contributed by atoms with E-state index in [1.54, 1.807) is 16.8 Å². The molecule has 0 radical (unpaired) electrons. The molecule has 2 rings (SSSR count). The Balaban J connectivity index is 2.17. The molecule has 5 nitrogen and oxygen atoms in total. The van der Waals surface area contributed by atoms with Crippen LogP contribution in [0.3, 0.4) is 0 Å². The summed E-state index contributed by atoms with van der Waals surface area (Å²) in [7, 11) is 0. The fourth-order valence-corrected chi connectivity index (χ4v) is 2.06. The predicted octanol–water partition coefficient (Wildman–Crippen LogP) is 2.24. The standard InChI is InChI=1S/C15H19FN4O/c1-10-4-5-13(16)14(8-10)19-15(21)12-9-18-20(11(12)2)7-3-6-17/h4-5,8-9H,3,6-7,17H2,1-2H3,(H,19,21). The van der Waals surface area contributed by atoms with Crippen LogP contribution >= 0.6 is 0 Å². The number of carbonyl (C=O) groups is 1. The second-order valence-corrected chi connectivity index (χ2v) is 4.95. The van der Waals surface area contributed by atoms with Crippen LogP contribution in [0.15, 0.2) is 24.4 Å². The monoisotopic (exact) mass is 290 g/mol. The lowest BCUT2D eigenvalue weighted by atomic mass is 10.2. The fourth-order valence-electron chi connectivity index (χ4n) is 2.06. The van der Waals surface area contributed by atoms with Crippen molar-refractivity contribution in [1.29, 1.82) is 0 Å². The summed E-state index contributed by atoms with van der Waals surface area (Å²) in [4.78, 5) is 12.2. The van der Waals surface area contributed by atoms with Gasteiger partial charge in [-0.2, -0.15) is 5.10 Å². The number of rotatable bonds is 5. The summed E-state index contributed by atoms with van der Waals surface area (Å²) in [6, 6.07) is 4.59. The quantitative estimate of drug-likeness (QED) is 0.887. The molecule has 21 heavy (non-hydrogen) atoms. The third-order valence-corrected chi connectivity index (χ3v) is 3.29. The molecule has 0 saturated heterocycles. The molecule has 1 amide bonds. The smallest absolute Gasteiger partial charge is 0.259 e. The van der Waals surface area contributed by atoms with E-state index in [9.17, 15) is 9.18 Å². The molecule has 0 aliphatic carbocycles. The van der Waals surface area contributed by atoms with Crippen molar-refractivity contribution in [2.45, 2.75) is 26.8 Å². The first kappa shape index (κ1) is 15.2. The van der Waals surface area contributed by atoms with Gasteiger partial charge in [-0.1, -0.05) is 6.07 Å². The molecule has 1 aromatic carbocycles. The third kappa shape index (κ3) is 3.46. The van der Waals surface area contributed by atoms with E-state index in [0.29, 0.717) is 18.7 Å². The average Bonchev–Trinajstić information content (AvgIpc) is 2.82. The lowest BCUT2D eigenvalue weighted by Crippen LogP contribution is -2.15. The van der Waals surface area contributed by atoms with E-state index in [2.05, 4.69) is 10.4 Å². The highest BCUT2D eigenvalue weighted by molar-refractivity contribution is 6.05. The molecule has 0 spiro atoms. The van der Waals surface area contributed by atoms with Crippen molar-refractivity contribution in [2.75, 3.05) is 11.9 Å². The zero-order chi connectivity index (χ0) is 15.4. The molecule has 112 valence electrons. The highest BCUT2D eigenvalue weighted by Crippen LogP contribution is 2.17. The van der Waals surface area contributed by atoms with Crippen LogP contribution in [0.25, 0.3) is 0 Å². The van der Waals surface area contributed by atoms with Gasteiger partial charge in [0.1, 0.15) is 5.82 Å². The molecule has 1 heterocycles. The molecule has 2 aromatic rings. The minimum atomic E-state index is -0.456. The number of nitrogens with two attached hydrogens (primary N) is 1. The lowest BCUT2D eigenvalue weighted by Gasteiger charge is -2.08. The average molecular weight is 290 g/mol. The molecule has 0 atom stereocenters. The number of anilines is 1. The molecular formula is C15H19FN4O. The summed E-state index contributed by atoms with van der Waals surface area (Å²) in [5.74, 6) is -0.821. The molecule has 0 aliphatic rings. The number of nitrogens with zero attached hydrogens (tertiary/aromatic N) is 2. The van der Waals surface area contributed by atoms with Gasteiger partial charge in [-0.25, -0.2) is 4.39 Å². The van der Waals surface area contributed by atoms with Crippen molar-refractivity contribution < 1.29 is 9.18 Å². The van der Waals surface area contributed by atoms with E-state index in [4.69, 9.17) is 5.73 Å². The first-order valence-corrected chi connectivity index (χ1v) is 6.83. The minimum absolute atomic E-state index is 0.175. The molecule has 0 bridgehead atoms. The molecule has 0 saturated carbocycles. The summed E-state index contributed by atoms with van der Waals surface area (Å²) in [5.41, 5.74) is 7.70. The Morgan fingerprint density at radius 3 is 2.90 bits per heavy atom. The van der Waals surface area contributed by atoms with Crippen molar-refractivity contribution in [2.24, 2.45) is 5.73 Å².